The first kappa shape index (κ1) is 6.21. The average Bonchev–Trinajstić information content (AvgIpc) is 2.50. The van der Waals surface area contributed by atoms with E-state index < -0.39 is 0 Å². The van der Waals surface area contributed by atoms with E-state index in [1.54, 1.807) is 0 Å². The smallest absolute Gasteiger partial charge is 0.204 e. The molecular weight excluding hydrogens is 142 g/mol. The molecular formula is C6H7N5. The second kappa shape index (κ2) is 2.26. The molecule has 0 unspecified atom stereocenters. The van der Waals surface area contributed by atoms with Gasteiger partial charge in [0.2, 0.25) is 5.65 Å². The molecule has 1 N–H and O–H groups in total. The Balaban J connectivity index is 2.79. The molecule has 0 spiro atoms. The van der Waals surface area contributed by atoms with Crippen LogP contribution < -0.4 is 0 Å². The van der Waals surface area contributed by atoms with Crippen molar-refractivity contribution in [1.82, 2.24) is 25.4 Å². The lowest BCUT2D eigenvalue weighted by molar-refractivity contribution is 0.951. The lowest BCUT2D eigenvalue weighted by Crippen LogP contribution is -1.89. The molecule has 0 atom stereocenters. The van der Waals surface area contributed by atoms with E-state index in [9.17, 15) is 0 Å². The molecule has 0 radical (unpaired) electrons. The van der Waals surface area contributed by atoms with Crippen molar-refractivity contribution in [2.45, 2.75) is 13.3 Å². The van der Waals surface area contributed by atoms with Crippen molar-refractivity contribution in [2.24, 2.45) is 0 Å². The number of aromatic nitrogens is 5. The second-order valence-corrected chi connectivity index (χ2v) is 2.17. The lowest BCUT2D eigenvalue weighted by Gasteiger charge is -1.91. The molecule has 2 aromatic rings. The van der Waals surface area contributed by atoms with Crippen molar-refractivity contribution in [2.75, 3.05) is 0 Å². The van der Waals surface area contributed by atoms with Crippen LogP contribution in [0, 0.1) is 0 Å². The van der Waals surface area contributed by atoms with Gasteiger partial charge in [0.15, 0.2) is 5.52 Å². The largest absolute Gasteiger partial charge is 0.239 e. The highest BCUT2D eigenvalue weighted by molar-refractivity contribution is 5.70. The number of fused-ring (bicyclic) bond motifs is 1. The van der Waals surface area contributed by atoms with Gasteiger partial charge in [-0.3, -0.25) is 0 Å². The second-order valence-electron chi connectivity index (χ2n) is 2.17. The average molecular weight is 149 g/mol. The fraction of sp³-hybridized carbons (Fsp3) is 0.333. The molecule has 56 valence electrons. The third kappa shape index (κ3) is 0.849. The number of nitrogens with zero attached hydrogens (tertiary/aromatic N) is 4. The highest BCUT2D eigenvalue weighted by Gasteiger charge is 2.03. The van der Waals surface area contributed by atoms with Gasteiger partial charge >= 0.3 is 0 Å². The predicted molar refractivity (Wildman–Crippen MR) is 38.9 cm³/mol. The summed E-state index contributed by atoms with van der Waals surface area (Å²) in [6.07, 6.45) is 2.36. The maximum Gasteiger partial charge on any atom is 0.204 e. The molecule has 0 fully saturated rings. The molecule has 5 heteroatoms. The molecule has 0 saturated carbocycles. The van der Waals surface area contributed by atoms with Crippen LogP contribution in [0.4, 0.5) is 0 Å². The fourth-order valence-corrected chi connectivity index (χ4v) is 0.982. The number of aryl methyl sites for hydroxylation is 1. The number of hydrogen-bond acceptors (Lipinski definition) is 4. The highest BCUT2D eigenvalue weighted by atomic mass is 15.3. The molecule has 5 nitrogen and oxygen atoms in total. The number of H-pyrrole nitrogens is 1. The normalized spacial score (nSPS) is 10.6. The van der Waals surface area contributed by atoms with E-state index in [4.69, 9.17) is 0 Å². The minimum atomic E-state index is 0.636. The maximum absolute atomic E-state index is 4.06. The summed E-state index contributed by atoms with van der Waals surface area (Å²) in [7, 11) is 0. The Morgan fingerprint density at radius 1 is 1.36 bits per heavy atom. The van der Waals surface area contributed by atoms with Gasteiger partial charge in [-0.2, -0.15) is 10.3 Å². The van der Waals surface area contributed by atoms with Gasteiger partial charge < -0.3 is 0 Å². The molecule has 0 aliphatic carbocycles. The summed E-state index contributed by atoms with van der Waals surface area (Å²) in [5.41, 5.74) is 2.34. The van der Waals surface area contributed by atoms with Crippen LogP contribution in [-0.4, -0.2) is 25.4 Å². The maximum atomic E-state index is 4.06. The molecule has 0 saturated heterocycles. The molecule has 2 heterocycles. The van der Waals surface area contributed by atoms with Crippen LogP contribution in [0.5, 0.6) is 0 Å². The van der Waals surface area contributed by atoms with Crippen molar-refractivity contribution >= 4 is 11.2 Å². The Hall–Kier alpha value is -1.52. The van der Waals surface area contributed by atoms with E-state index in [1.165, 1.54) is 6.33 Å². The molecule has 2 aromatic heterocycles. The summed E-state index contributed by atoms with van der Waals surface area (Å²) in [5.74, 6) is 0. The monoisotopic (exact) mass is 149 g/mol. The van der Waals surface area contributed by atoms with Crippen LogP contribution in [0.1, 0.15) is 12.6 Å². The zero-order chi connectivity index (χ0) is 7.68. The third-order valence-corrected chi connectivity index (χ3v) is 1.53. The van der Waals surface area contributed by atoms with Crippen LogP contribution >= 0.6 is 0 Å². The van der Waals surface area contributed by atoms with Gasteiger partial charge in [-0.15, -0.1) is 5.10 Å². The van der Waals surface area contributed by atoms with E-state index in [0.717, 1.165) is 17.6 Å². The third-order valence-electron chi connectivity index (χ3n) is 1.53. The Morgan fingerprint density at radius 3 is 3.09 bits per heavy atom. The summed E-state index contributed by atoms with van der Waals surface area (Å²) in [5, 5.41) is 10.3. The molecule has 0 aliphatic rings. The summed E-state index contributed by atoms with van der Waals surface area (Å²) in [6, 6.07) is 0. The summed E-state index contributed by atoms with van der Waals surface area (Å²) < 4.78 is 0. The van der Waals surface area contributed by atoms with Crippen LogP contribution in [0.3, 0.4) is 0 Å². The van der Waals surface area contributed by atoms with E-state index in [0.29, 0.717) is 5.65 Å². The van der Waals surface area contributed by atoms with Crippen LogP contribution in [-0.2, 0) is 6.42 Å². The van der Waals surface area contributed by atoms with Crippen LogP contribution in [0.25, 0.3) is 11.2 Å². The van der Waals surface area contributed by atoms with E-state index in [1.807, 2.05) is 6.92 Å². The number of aromatic amines is 1. The van der Waals surface area contributed by atoms with Gasteiger partial charge in [0.05, 0.1) is 5.69 Å². The first-order chi connectivity index (χ1) is 5.42. The van der Waals surface area contributed by atoms with Crippen molar-refractivity contribution in [3.63, 3.8) is 0 Å². The van der Waals surface area contributed by atoms with Gasteiger partial charge in [-0.05, 0) is 6.42 Å². The van der Waals surface area contributed by atoms with Crippen molar-refractivity contribution in [3.8, 4) is 0 Å². The minimum absolute atomic E-state index is 0.636. The zero-order valence-corrected chi connectivity index (χ0v) is 6.07. The molecule has 0 bridgehead atoms. The first-order valence-electron chi connectivity index (χ1n) is 3.42. The van der Waals surface area contributed by atoms with Gasteiger partial charge in [-0.25, -0.2) is 9.97 Å². The Morgan fingerprint density at radius 2 is 2.27 bits per heavy atom. The molecule has 2 rings (SSSR count). The number of hydrogen-bond donors (Lipinski definition) is 1. The van der Waals surface area contributed by atoms with Gasteiger partial charge in [0, 0.05) is 0 Å². The SMILES string of the molecule is CCc1ncnc2n[nH]nc12. The van der Waals surface area contributed by atoms with Gasteiger partial charge in [0.1, 0.15) is 6.33 Å². The van der Waals surface area contributed by atoms with E-state index in [-0.39, 0.29) is 0 Å². The highest BCUT2D eigenvalue weighted by Crippen LogP contribution is 2.07. The van der Waals surface area contributed by atoms with Crippen molar-refractivity contribution in [1.29, 1.82) is 0 Å². The lowest BCUT2D eigenvalue weighted by atomic mass is 10.3. The Labute approximate surface area is 62.9 Å². The quantitative estimate of drug-likeness (QED) is 0.633. The minimum Gasteiger partial charge on any atom is -0.239 e. The fourth-order valence-electron chi connectivity index (χ4n) is 0.982. The van der Waals surface area contributed by atoms with E-state index in [2.05, 4.69) is 25.4 Å². The molecule has 0 amide bonds. The van der Waals surface area contributed by atoms with Gasteiger partial charge in [0.25, 0.3) is 0 Å². The topological polar surface area (TPSA) is 67.3 Å². The van der Waals surface area contributed by atoms with Gasteiger partial charge in [-0.1, -0.05) is 6.92 Å². The molecule has 0 aromatic carbocycles. The summed E-state index contributed by atoms with van der Waals surface area (Å²) >= 11 is 0. The number of rotatable bonds is 1. The molecule has 11 heavy (non-hydrogen) atoms. The molecule has 0 aliphatic heterocycles. The summed E-state index contributed by atoms with van der Waals surface area (Å²) in [6.45, 7) is 2.02. The van der Waals surface area contributed by atoms with Crippen molar-refractivity contribution in [3.05, 3.63) is 12.0 Å². The Kier molecular flexibility index (Phi) is 1.28. The first-order valence-corrected chi connectivity index (χ1v) is 3.42. The summed E-state index contributed by atoms with van der Waals surface area (Å²) in [4.78, 5) is 8.00. The van der Waals surface area contributed by atoms with E-state index >= 15 is 0 Å². The Bertz CT molecular complexity index is 366. The number of nitrogens with one attached hydrogen (secondary N) is 1. The standard InChI is InChI=1S/C6H7N5/c1-2-4-5-6(8-3-7-4)10-11-9-5/h3H,2H2,1H3,(H,7,8,9,10,11). The van der Waals surface area contributed by atoms with Crippen molar-refractivity contribution < 1.29 is 0 Å². The predicted octanol–water partition coefficient (Wildman–Crippen LogP) is 0.310. The zero-order valence-electron chi connectivity index (χ0n) is 6.07. The van der Waals surface area contributed by atoms with Crippen LogP contribution in [0.2, 0.25) is 0 Å². The van der Waals surface area contributed by atoms with Crippen LogP contribution in [0.15, 0.2) is 6.33 Å².